The van der Waals surface area contributed by atoms with Crippen LogP contribution in [0.2, 0.25) is 0 Å². The summed E-state index contributed by atoms with van der Waals surface area (Å²) in [6.45, 7) is 7.42. The Morgan fingerprint density at radius 3 is 2.38 bits per heavy atom. The number of nitrogens with zero attached hydrogens (tertiary/aromatic N) is 3. The van der Waals surface area contributed by atoms with Crippen LogP contribution in [0.15, 0.2) is 18.3 Å². The first-order valence-electron chi connectivity index (χ1n) is 9.96. The number of Topliss-reactive ketones (excluding diaryl/α,β-unsaturated/α-hetero) is 1. The third kappa shape index (κ3) is 4.42. The van der Waals surface area contributed by atoms with Gasteiger partial charge in [0.15, 0.2) is 11.6 Å². The van der Waals surface area contributed by atoms with Gasteiger partial charge in [0.1, 0.15) is 10.6 Å². The lowest BCUT2D eigenvalue weighted by atomic mass is 9.82. The summed E-state index contributed by atoms with van der Waals surface area (Å²) in [6.07, 6.45) is 5.06. The van der Waals surface area contributed by atoms with E-state index in [2.05, 4.69) is 12.0 Å². The Hall–Kier alpha value is -2.48. The smallest absolute Gasteiger partial charge is 0.341 e. The molecule has 156 valence electrons. The second-order valence-corrected chi connectivity index (χ2v) is 9.13. The fourth-order valence-corrected chi connectivity index (χ4v) is 4.58. The highest BCUT2D eigenvalue weighted by atomic mass is 32.1. The van der Waals surface area contributed by atoms with Crippen molar-refractivity contribution in [2.45, 2.75) is 59.4 Å². The first kappa shape index (κ1) is 21.2. The van der Waals surface area contributed by atoms with E-state index in [1.165, 1.54) is 34.0 Å². The Morgan fingerprint density at radius 1 is 1.21 bits per heavy atom. The fourth-order valence-electron chi connectivity index (χ4n) is 3.75. The standard InChI is InChI=1S/C21H27N3O4S/c1-12(2)24(20(26)15-7-5-13(3)6-8-15)19-16(21(27)28)11-23(22-19)18-10-9-17(29-18)14(4)25/h9-13,15H,5-8H2,1-4H3,(H,27,28)/t13-,15-. The lowest BCUT2D eigenvalue weighted by Gasteiger charge is -2.32. The molecule has 1 saturated carbocycles. The van der Waals surface area contributed by atoms with Crippen molar-refractivity contribution in [3.63, 3.8) is 0 Å². The molecule has 0 atom stereocenters. The molecular weight excluding hydrogens is 390 g/mol. The zero-order valence-corrected chi connectivity index (χ0v) is 18.0. The average molecular weight is 418 g/mol. The summed E-state index contributed by atoms with van der Waals surface area (Å²) in [6, 6.07) is 3.20. The van der Waals surface area contributed by atoms with E-state index in [4.69, 9.17) is 0 Å². The Morgan fingerprint density at radius 2 is 1.86 bits per heavy atom. The van der Waals surface area contributed by atoms with Gasteiger partial charge in [-0.15, -0.1) is 16.4 Å². The van der Waals surface area contributed by atoms with E-state index in [-0.39, 0.29) is 35.0 Å². The number of aromatic carboxylic acids is 1. The number of thiophene rings is 1. The van der Waals surface area contributed by atoms with Crippen LogP contribution in [-0.2, 0) is 4.79 Å². The van der Waals surface area contributed by atoms with Crippen LogP contribution in [0.1, 0.15) is 73.4 Å². The maximum Gasteiger partial charge on any atom is 0.341 e. The van der Waals surface area contributed by atoms with Crippen LogP contribution in [-0.4, -0.2) is 38.6 Å². The molecule has 2 aromatic heterocycles. The number of aromatic nitrogens is 2. The van der Waals surface area contributed by atoms with Gasteiger partial charge >= 0.3 is 5.97 Å². The summed E-state index contributed by atoms with van der Waals surface area (Å²) >= 11 is 1.24. The van der Waals surface area contributed by atoms with Gasteiger partial charge in [-0.3, -0.25) is 14.5 Å². The summed E-state index contributed by atoms with van der Waals surface area (Å²) < 4.78 is 1.45. The van der Waals surface area contributed by atoms with Crippen molar-refractivity contribution >= 4 is 34.8 Å². The van der Waals surface area contributed by atoms with Crippen molar-refractivity contribution in [2.75, 3.05) is 4.90 Å². The third-order valence-electron chi connectivity index (χ3n) is 5.44. The molecule has 0 aromatic carbocycles. The van der Waals surface area contributed by atoms with Gasteiger partial charge in [-0.2, -0.15) is 0 Å². The van der Waals surface area contributed by atoms with Crippen molar-refractivity contribution in [1.29, 1.82) is 0 Å². The number of ketones is 1. The number of hydrogen-bond acceptors (Lipinski definition) is 5. The van der Waals surface area contributed by atoms with Crippen molar-refractivity contribution in [3.05, 3.63) is 28.8 Å². The highest BCUT2D eigenvalue weighted by molar-refractivity contribution is 7.16. The quantitative estimate of drug-likeness (QED) is 0.703. The van der Waals surface area contributed by atoms with Crippen LogP contribution in [0.25, 0.3) is 5.00 Å². The molecule has 1 aliphatic rings. The maximum absolute atomic E-state index is 13.3. The molecule has 1 fully saturated rings. The molecular formula is C21H27N3O4S. The molecule has 2 heterocycles. The van der Waals surface area contributed by atoms with E-state index < -0.39 is 5.97 Å². The Balaban J connectivity index is 1.99. The first-order valence-corrected chi connectivity index (χ1v) is 10.8. The molecule has 1 N–H and O–H groups in total. The van der Waals surface area contributed by atoms with Gasteiger partial charge in [0.2, 0.25) is 5.91 Å². The van der Waals surface area contributed by atoms with Crippen molar-refractivity contribution in [3.8, 4) is 5.00 Å². The molecule has 0 saturated heterocycles. The molecule has 8 heteroatoms. The van der Waals surface area contributed by atoms with E-state index >= 15 is 0 Å². The van der Waals surface area contributed by atoms with Gasteiger partial charge < -0.3 is 5.11 Å². The molecule has 1 amide bonds. The minimum absolute atomic E-state index is 0.0194. The lowest BCUT2D eigenvalue weighted by molar-refractivity contribution is -0.124. The van der Waals surface area contributed by atoms with Gasteiger partial charge in [0.05, 0.1) is 4.88 Å². The van der Waals surface area contributed by atoms with Crippen LogP contribution < -0.4 is 4.90 Å². The van der Waals surface area contributed by atoms with E-state index in [1.54, 1.807) is 12.1 Å². The number of hydrogen-bond donors (Lipinski definition) is 1. The normalized spacial score (nSPS) is 19.3. The largest absolute Gasteiger partial charge is 0.477 e. The monoisotopic (exact) mass is 417 g/mol. The number of carboxylic acids is 1. The van der Waals surface area contributed by atoms with E-state index in [0.29, 0.717) is 15.8 Å². The van der Waals surface area contributed by atoms with Crippen LogP contribution >= 0.6 is 11.3 Å². The van der Waals surface area contributed by atoms with Gasteiger partial charge in [-0.1, -0.05) is 6.92 Å². The van der Waals surface area contributed by atoms with Crippen LogP contribution in [0.3, 0.4) is 0 Å². The number of anilines is 1. The minimum Gasteiger partial charge on any atom is -0.477 e. The number of carbonyl (C=O) groups is 3. The Kier molecular flexibility index (Phi) is 6.21. The second-order valence-electron chi connectivity index (χ2n) is 8.07. The lowest BCUT2D eigenvalue weighted by Crippen LogP contribution is -2.43. The topological polar surface area (TPSA) is 92.5 Å². The zero-order valence-electron chi connectivity index (χ0n) is 17.2. The van der Waals surface area contributed by atoms with Gasteiger partial charge in [0.25, 0.3) is 0 Å². The number of carbonyl (C=O) groups excluding carboxylic acids is 2. The van der Waals surface area contributed by atoms with E-state index in [9.17, 15) is 19.5 Å². The third-order valence-corrected chi connectivity index (χ3v) is 6.61. The second kappa shape index (κ2) is 8.49. The van der Waals surface area contributed by atoms with E-state index in [1.807, 2.05) is 13.8 Å². The van der Waals surface area contributed by atoms with Gasteiger partial charge in [-0.05, 0) is 64.5 Å². The first-order chi connectivity index (χ1) is 13.7. The molecule has 0 unspecified atom stereocenters. The van der Waals surface area contributed by atoms with Crippen molar-refractivity contribution < 1.29 is 19.5 Å². The minimum atomic E-state index is -1.13. The van der Waals surface area contributed by atoms with Crippen LogP contribution in [0.5, 0.6) is 0 Å². The molecule has 0 aliphatic heterocycles. The number of carboxylic acid groups (broad SMARTS) is 1. The highest BCUT2D eigenvalue weighted by Gasteiger charge is 2.34. The van der Waals surface area contributed by atoms with Gasteiger partial charge in [0, 0.05) is 18.2 Å². The van der Waals surface area contributed by atoms with Crippen LogP contribution in [0.4, 0.5) is 5.82 Å². The van der Waals surface area contributed by atoms with Crippen LogP contribution in [0, 0.1) is 11.8 Å². The summed E-state index contributed by atoms with van der Waals surface area (Å²) in [5.41, 5.74) is -0.0194. The Bertz CT molecular complexity index is 922. The molecule has 0 radical (unpaired) electrons. The average Bonchev–Trinajstić information content (AvgIpc) is 3.29. The van der Waals surface area contributed by atoms with Crippen molar-refractivity contribution in [1.82, 2.24) is 9.78 Å². The summed E-state index contributed by atoms with van der Waals surface area (Å²) in [7, 11) is 0. The molecule has 29 heavy (non-hydrogen) atoms. The van der Waals surface area contributed by atoms with Crippen molar-refractivity contribution in [2.24, 2.45) is 11.8 Å². The summed E-state index contributed by atoms with van der Waals surface area (Å²) in [5.74, 6) is -0.576. The Labute approximate surface area is 174 Å². The molecule has 2 aromatic rings. The maximum atomic E-state index is 13.3. The fraction of sp³-hybridized carbons (Fsp3) is 0.524. The predicted octanol–water partition coefficient (Wildman–Crippen LogP) is 4.40. The highest BCUT2D eigenvalue weighted by Crippen LogP contribution is 2.33. The molecule has 0 bridgehead atoms. The number of rotatable bonds is 6. The van der Waals surface area contributed by atoms with E-state index in [0.717, 1.165) is 25.7 Å². The summed E-state index contributed by atoms with van der Waals surface area (Å²) in [4.78, 5) is 38.9. The molecule has 1 aliphatic carbocycles. The summed E-state index contributed by atoms with van der Waals surface area (Å²) in [5, 5.41) is 14.8. The SMILES string of the molecule is CC(=O)c1ccc(-n2cc(C(=O)O)c(N(C(=O)[C@H]3CC[C@H](C)CC3)C(C)C)n2)s1. The molecule has 7 nitrogen and oxygen atoms in total. The molecule has 3 rings (SSSR count). The zero-order chi connectivity index (χ0) is 21.3. The van der Waals surface area contributed by atoms with Gasteiger partial charge in [-0.25, -0.2) is 9.48 Å². The predicted molar refractivity (Wildman–Crippen MR) is 112 cm³/mol. The number of amides is 1. The molecule has 0 spiro atoms.